The van der Waals surface area contributed by atoms with E-state index >= 15 is 0 Å². The molecule has 0 saturated carbocycles. The summed E-state index contributed by atoms with van der Waals surface area (Å²) in [6.45, 7) is 4.84. The number of nitrogens with zero attached hydrogens (tertiary/aromatic N) is 1. The number of amides is 1. The lowest BCUT2D eigenvalue weighted by Gasteiger charge is -2.26. The molecular weight excluding hydrogens is 274 g/mol. The number of morpholine rings is 1. The number of hydrogen-bond donors (Lipinski definition) is 2. The number of hydrogen-bond acceptors (Lipinski definition) is 4. The van der Waals surface area contributed by atoms with Crippen LogP contribution in [0.1, 0.15) is 15.9 Å². The molecular formula is C14H19N3O2S. The van der Waals surface area contributed by atoms with Crippen LogP contribution >= 0.6 is 12.2 Å². The summed E-state index contributed by atoms with van der Waals surface area (Å²) in [6, 6.07) is 7.05. The molecule has 1 fully saturated rings. The Bertz CT molecular complexity index is 487. The van der Waals surface area contributed by atoms with Gasteiger partial charge in [0.25, 0.3) is 5.91 Å². The summed E-state index contributed by atoms with van der Waals surface area (Å²) in [4.78, 5) is 14.6. The van der Waals surface area contributed by atoms with Crippen LogP contribution in [0.2, 0.25) is 0 Å². The lowest BCUT2D eigenvalue weighted by molar-refractivity contribution is 0.0383. The predicted molar refractivity (Wildman–Crippen MR) is 81.9 cm³/mol. The molecule has 0 radical (unpaired) electrons. The first-order chi connectivity index (χ1) is 9.66. The van der Waals surface area contributed by atoms with Gasteiger partial charge in [0, 0.05) is 37.3 Å². The zero-order valence-electron chi connectivity index (χ0n) is 11.3. The number of carbonyl (C=O) groups is 1. The predicted octanol–water partition coefficient (Wildman–Crippen LogP) is 0.383. The van der Waals surface area contributed by atoms with Gasteiger partial charge in [0.2, 0.25) is 0 Å². The molecule has 0 spiro atoms. The fraction of sp³-hybridized carbons (Fsp3) is 0.429. The molecule has 6 heteroatoms. The summed E-state index contributed by atoms with van der Waals surface area (Å²) in [5.74, 6) is -0.101. The molecule has 108 valence electrons. The molecule has 5 nitrogen and oxygen atoms in total. The van der Waals surface area contributed by atoms with Gasteiger partial charge in [0.15, 0.2) is 0 Å². The summed E-state index contributed by atoms with van der Waals surface area (Å²) in [5, 5.41) is 2.91. The molecule has 3 N–H and O–H groups in total. The Morgan fingerprint density at radius 3 is 2.75 bits per heavy atom. The zero-order chi connectivity index (χ0) is 14.4. The highest BCUT2D eigenvalue weighted by Crippen LogP contribution is 2.05. The number of rotatable bonds is 5. The first kappa shape index (κ1) is 14.9. The van der Waals surface area contributed by atoms with Crippen LogP contribution in [0.15, 0.2) is 24.3 Å². The smallest absolute Gasteiger partial charge is 0.251 e. The van der Waals surface area contributed by atoms with E-state index in [1.165, 1.54) is 0 Å². The lowest BCUT2D eigenvalue weighted by Crippen LogP contribution is -2.41. The minimum absolute atomic E-state index is 0.101. The second-order valence-electron chi connectivity index (χ2n) is 4.65. The normalized spacial score (nSPS) is 15.8. The monoisotopic (exact) mass is 293 g/mol. The van der Waals surface area contributed by atoms with Crippen molar-refractivity contribution in [3.8, 4) is 0 Å². The molecule has 0 aliphatic carbocycles. The Balaban J connectivity index is 1.82. The van der Waals surface area contributed by atoms with E-state index in [-0.39, 0.29) is 5.91 Å². The summed E-state index contributed by atoms with van der Waals surface area (Å²) in [7, 11) is 0. The third kappa shape index (κ3) is 4.26. The van der Waals surface area contributed by atoms with E-state index in [0.29, 0.717) is 22.7 Å². The first-order valence-electron chi connectivity index (χ1n) is 6.65. The molecule has 1 amide bonds. The van der Waals surface area contributed by atoms with Gasteiger partial charge in [-0.15, -0.1) is 0 Å². The van der Waals surface area contributed by atoms with Gasteiger partial charge < -0.3 is 15.8 Å². The molecule has 1 aromatic rings. The molecule has 1 saturated heterocycles. The van der Waals surface area contributed by atoms with Crippen molar-refractivity contribution < 1.29 is 9.53 Å². The maximum Gasteiger partial charge on any atom is 0.251 e. The van der Waals surface area contributed by atoms with Crippen molar-refractivity contribution in [1.82, 2.24) is 10.2 Å². The highest BCUT2D eigenvalue weighted by molar-refractivity contribution is 7.80. The van der Waals surface area contributed by atoms with Crippen LogP contribution in [0, 0.1) is 0 Å². The van der Waals surface area contributed by atoms with Crippen molar-refractivity contribution in [1.29, 1.82) is 0 Å². The van der Waals surface area contributed by atoms with Gasteiger partial charge in [0.1, 0.15) is 4.99 Å². The molecule has 1 heterocycles. The van der Waals surface area contributed by atoms with E-state index in [0.717, 1.165) is 32.8 Å². The van der Waals surface area contributed by atoms with Gasteiger partial charge in [-0.1, -0.05) is 24.4 Å². The third-order valence-electron chi connectivity index (χ3n) is 3.23. The fourth-order valence-electron chi connectivity index (χ4n) is 2.07. The summed E-state index contributed by atoms with van der Waals surface area (Å²) in [6.07, 6.45) is 0. The van der Waals surface area contributed by atoms with Crippen molar-refractivity contribution in [2.45, 2.75) is 0 Å². The minimum atomic E-state index is -0.101. The lowest BCUT2D eigenvalue weighted by atomic mass is 10.1. The Morgan fingerprint density at radius 1 is 1.35 bits per heavy atom. The van der Waals surface area contributed by atoms with Crippen LogP contribution in [0.5, 0.6) is 0 Å². The van der Waals surface area contributed by atoms with Crippen molar-refractivity contribution >= 4 is 23.1 Å². The van der Waals surface area contributed by atoms with Gasteiger partial charge in [0.05, 0.1) is 13.2 Å². The van der Waals surface area contributed by atoms with Crippen LogP contribution in [-0.4, -0.2) is 55.2 Å². The number of nitrogens with one attached hydrogen (secondary N) is 1. The summed E-state index contributed by atoms with van der Waals surface area (Å²) < 4.78 is 5.28. The van der Waals surface area contributed by atoms with E-state index in [1.54, 1.807) is 24.3 Å². The molecule has 0 aromatic heterocycles. The second kappa shape index (κ2) is 7.33. The topological polar surface area (TPSA) is 67.6 Å². The van der Waals surface area contributed by atoms with Crippen molar-refractivity contribution in [3.63, 3.8) is 0 Å². The molecule has 2 rings (SSSR count). The molecule has 0 bridgehead atoms. The molecule has 0 unspecified atom stereocenters. The van der Waals surface area contributed by atoms with E-state index in [1.807, 2.05) is 0 Å². The average Bonchev–Trinajstić information content (AvgIpc) is 2.48. The largest absolute Gasteiger partial charge is 0.389 e. The van der Waals surface area contributed by atoms with Gasteiger partial charge in [-0.2, -0.15) is 0 Å². The minimum Gasteiger partial charge on any atom is -0.389 e. The van der Waals surface area contributed by atoms with Crippen molar-refractivity contribution in [3.05, 3.63) is 35.4 Å². The van der Waals surface area contributed by atoms with E-state index in [2.05, 4.69) is 10.2 Å². The standard InChI is InChI=1S/C14H19N3O2S/c15-13(20)11-2-1-3-12(10-11)14(18)16-4-5-17-6-8-19-9-7-17/h1-3,10H,4-9H2,(H2,15,20)(H,16,18). The first-order valence-corrected chi connectivity index (χ1v) is 7.06. The molecule has 1 aliphatic rings. The third-order valence-corrected chi connectivity index (χ3v) is 3.46. The highest BCUT2D eigenvalue weighted by atomic mass is 32.1. The fourth-order valence-corrected chi connectivity index (χ4v) is 2.20. The maximum atomic E-state index is 12.0. The number of ether oxygens (including phenoxy) is 1. The number of carbonyl (C=O) groups excluding carboxylic acids is 1. The van der Waals surface area contributed by atoms with Crippen LogP contribution in [0.25, 0.3) is 0 Å². The number of benzene rings is 1. The molecule has 1 aliphatic heterocycles. The Hall–Kier alpha value is -1.50. The zero-order valence-corrected chi connectivity index (χ0v) is 12.1. The average molecular weight is 293 g/mol. The summed E-state index contributed by atoms with van der Waals surface area (Å²) >= 11 is 4.91. The van der Waals surface area contributed by atoms with Gasteiger partial charge in [-0.3, -0.25) is 9.69 Å². The van der Waals surface area contributed by atoms with E-state index < -0.39 is 0 Å². The second-order valence-corrected chi connectivity index (χ2v) is 5.09. The van der Waals surface area contributed by atoms with Gasteiger partial charge in [-0.05, 0) is 12.1 Å². The molecule has 20 heavy (non-hydrogen) atoms. The van der Waals surface area contributed by atoms with Crippen molar-refractivity contribution in [2.24, 2.45) is 5.73 Å². The van der Waals surface area contributed by atoms with Crippen LogP contribution in [-0.2, 0) is 4.74 Å². The summed E-state index contributed by atoms with van der Waals surface area (Å²) in [5.41, 5.74) is 6.85. The van der Waals surface area contributed by atoms with Crippen LogP contribution in [0.4, 0.5) is 0 Å². The van der Waals surface area contributed by atoms with Crippen molar-refractivity contribution in [2.75, 3.05) is 39.4 Å². The highest BCUT2D eigenvalue weighted by Gasteiger charge is 2.11. The van der Waals surface area contributed by atoms with Crippen LogP contribution in [0.3, 0.4) is 0 Å². The van der Waals surface area contributed by atoms with Crippen LogP contribution < -0.4 is 11.1 Å². The maximum absolute atomic E-state index is 12.0. The van der Waals surface area contributed by atoms with Gasteiger partial charge in [-0.25, -0.2) is 0 Å². The van der Waals surface area contributed by atoms with E-state index in [4.69, 9.17) is 22.7 Å². The molecule has 1 aromatic carbocycles. The Labute approximate surface area is 124 Å². The Kier molecular flexibility index (Phi) is 5.46. The number of nitrogens with two attached hydrogens (primary N) is 1. The Morgan fingerprint density at radius 2 is 2.05 bits per heavy atom. The number of thiocarbonyl (C=S) groups is 1. The van der Waals surface area contributed by atoms with E-state index in [9.17, 15) is 4.79 Å². The molecule has 0 atom stereocenters. The van der Waals surface area contributed by atoms with Gasteiger partial charge >= 0.3 is 0 Å². The quantitative estimate of drug-likeness (QED) is 0.769. The SMILES string of the molecule is NC(=S)c1cccc(C(=O)NCCN2CCOCC2)c1.